The molecule has 4 rings (SSSR count). The van der Waals surface area contributed by atoms with Crippen LogP contribution in [0.15, 0.2) is 48.5 Å². The summed E-state index contributed by atoms with van der Waals surface area (Å²) in [7, 11) is 1.27. The first-order chi connectivity index (χ1) is 16.4. The van der Waals surface area contributed by atoms with Crippen LogP contribution in [0.25, 0.3) is 23.3 Å². The molecule has 1 aliphatic carbocycles. The Labute approximate surface area is 198 Å². The van der Waals surface area contributed by atoms with Crippen LogP contribution < -0.4 is 4.74 Å². The van der Waals surface area contributed by atoms with Crippen LogP contribution in [0.4, 0.5) is 17.6 Å². The van der Waals surface area contributed by atoms with Crippen molar-refractivity contribution >= 4 is 12.2 Å². The van der Waals surface area contributed by atoms with Gasteiger partial charge in [-0.15, -0.1) is 0 Å². The number of ether oxygens (including phenoxy) is 1. The highest BCUT2D eigenvalue weighted by atomic mass is 19.2. The summed E-state index contributed by atoms with van der Waals surface area (Å²) in [4.78, 5) is 0. The maximum Gasteiger partial charge on any atom is 0.201 e. The quantitative estimate of drug-likeness (QED) is 0.259. The molecule has 178 valence electrons. The molecule has 3 aromatic rings. The molecule has 5 heteroatoms. The van der Waals surface area contributed by atoms with Crippen molar-refractivity contribution in [3.05, 3.63) is 88.5 Å². The van der Waals surface area contributed by atoms with E-state index in [4.69, 9.17) is 4.74 Å². The van der Waals surface area contributed by atoms with Gasteiger partial charge in [0, 0.05) is 11.1 Å². The molecule has 0 radical (unpaired) electrons. The first kappa shape index (κ1) is 24.1. The SMILES string of the molecule is CCC1CCC(c2ccc(-c3ccc(C=Cc4ccc(OC)c(F)c4F)cc3)c(F)c2F)CC1. The Morgan fingerprint density at radius 1 is 0.765 bits per heavy atom. The first-order valence-corrected chi connectivity index (χ1v) is 11.7. The van der Waals surface area contributed by atoms with Gasteiger partial charge in [-0.25, -0.2) is 13.2 Å². The van der Waals surface area contributed by atoms with Crippen molar-refractivity contribution in [2.24, 2.45) is 5.92 Å². The van der Waals surface area contributed by atoms with Crippen LogP contribution >= 0.6 is 0 Å². The molecule has 0 unspecified atom stereocenters. The van der Waals surface area contributed by atoms with Crippen molar-refractivity contribution in [2.45, 2.75) is 44.9 Å². The Morgan fingerprint density at radius 2 is 1.47 bits per heavy atom. The Hall–Kier alpha value is -3.08. The van der Waals surface area contributed by atoms with E-state index in [0.29, 0.717) is 22.6 Å². The van der Waals surface area contributed by atoms with Crippen LogP contribution in [0.3, 0.4) is 0 Å². The van der Waals surface area contributed by atoms with Gasteiger partial charge in [0.15, 0.2) is 23.2 Å². The van der Waals surface area contributed by atoms with E-state index in [9.17, 15) is 17.6 Å². The maximum absolute atomic E-state index is 15.0. The Balaban J connectivity index is 1.51. The smallest absolute Gasteiger partial charge is 0.201 e. The summed E-state index contributed by atoms with van der Waals surface area (Å²) in [6.07, 6.45) is 8.13. The second-order valence-corrected chi connectivity index (χ2v) is 8.90. The molecule has 0 atom stereocenters. The standard InChI is InChI=1S/C29H28F4O/c1-3-18-4-9-20(10-5-18)23-15-16-24(28(32)27(23)31)21-11-6-19(7-12-21)8-13-22-14-17-25(34-2)29(33)26(22)30/h6-8,11-18,20H,3-5,9-10H2,1-2H3. The molecule has 0 heterocycles. The third-order valence-electron chi connectivity index (χ3n) is 6.95. The van der Waals surface area contributed by atoms with Crippen LogP contribution in [0.2, 0.25) is 0 Å². The monoisotopic (exact) mass is 468 g/mol. The van der Waals surface area contributed by atoms with Gasteiger partial charge in [0.2, 0.25) is 5.82 Å². The highest BCUT2D eigenvalue weighted by Gasteiger charge is 2.26. The van der Waals surface area contributed by atoms with Gasteiger partial charge in [-0.3, -0.25) is 0 Å². The van der Waals surface area contributed by atoms with E-state index in [0.717, 1.165) is 32.1 Å². The molecule has 0 bridgehead atoms. The highest BCUT2D eigenvalue weighted by Crippen LogP contribution is 2.39. The van der Waals surface area contributed by atoms with Gasteiger partial charge in [-0.1, -0.05) is 61.9 Å². The Bertz CT molecular complexity index is 1180. The fourth-order valence-corrected chi connectivity index (χ4v) is 4.78. The predicted molar refractivity (Wildman–Crippen MR) is 129 cm³/mol. The number of halogens is 4. The van der Waals surface area contributed by atoms with Gasteiger partial charge in [0.05, 0.1) is 7.11 Å². The molecule has 0 spiro atoms. The van der Waals surface area contributed by atoms with Crippen molar-refractivity contribution < 1.29 is 22.3 Å². The normalized spacial score (nSPS) is 18.4. The average Bonchev–Trinajstić information content (AvgIpc) is 2.87. The Kier molecular flexibility index (Phi) is 7.40. The molecule has 3 aromatic carbocycles. The van der Waals surface area contributed by atoms with Gasteiger partial charge in [-0.2, -0.15) is 4.39 Å². The molecule has 0 aliphatic heterocycles. The van der Waals surface area contributed by atoms with E-state index in [1.54, 1.807) is 42.5 Å². The van der Waals surface area contributed by atoms with Crippen LogP contribution in [0.1, 0.15) is 61.6 Å². The molecule has 1 nitrogen and oxygen atoms in total. The van der Waals surface area contributed by atoms with Crippen LogP contribution in [-0.2, 0) is 0 Å². The highest BCUT2D eigenvalue weighted by molar-refractivity contribution is 5.73. The van der Waals surface area contributed by atoms with E-state index in [-0.39, 0.29) is 22.8 Å². The molecular weight excluding hydrogens is 440 g/mol. The number of rotatable bonds is 6. The van der Waals surface area contributed by atoms with E-state index in [1.807, 2.05) is 0 Å². The van der Waals surface area contributed by atoms with Crippen molar-refractivity contribution in [3.8, 4) is 16.9 Å². The number of methoxy groups -OCH3 is 1. The van der Waals surface area contributed by atoms with Crippen molar-refractivity contribution in [2.75, 3.05) is 7.11 Å². The second kappa shape index (κ2) is 10.5. The van der Waals surface area contributed by atoms with Crippen LogP contribution in [-0.4, -0.2) is 7.11 Å². The lowest BCUT2D eigenvalue weighted by atomic mass is 9.77. The van der Waals surface area contributed by atoms with E-state index >= 15 is 0 Å². The van der Waals surface area contributed by atoms with Crippen LogP contribution in [0.5, 0.6) is 5.75 Å². The molecule has 1 fully saturated rings. The minimum Gasteiger partial charge on any atom is -0.494 e. The average molecular weight is 469 g/mol. The number of hydrogen-bond acceptors (Lipinski definition) is 1. The summed E-state index contributed by atoms with van der Waals surface area (Å²) >= 11 is 0. The number of hydrogen-bond donors (Lipinski definition) is 0. The van der Waals surface area contributed by atoms with Crippen molar-refractivity contribution in [1.82, 2.24) is 0 Å². The zero-order chi connectivity index (χ0) is 24.2. The molecule has 0 N–H and O–H groups in total. The molecular formula is C29H28F4O. The van der Waals surface area contributed by atoms with Gasteiger partial charge >= 0.3 is 0 Å². The fourth-order valence-electron chi connectivity index (χ4n) is 4.78. The molecule has 34 heavy (non-hydrogen) atoms. The van der Waals surface area contributed by atoms with E-state index in [2.05, 4.69) is 6.92 Å². The summed E-state index contributed by atoms with van der Waals surface area (Å²) in [5.41, 5.74) is 2.03. The van der Waals surface area contributed by atoms with Crippen molar-refractivity contribution in [3.63, 3.8) is 0 Å². The summed E-state index contributed by atoms with van der Waals surface area (Å²) in [6.45, 7) is 2.18. The zero-order valence-electron chi connectivity index (χ0n) is 19.4. The number of benzene rings is 3. The van der Waals surface area contributed by atoms with Crippen molar-refractivity contribution in [1.29, 1.82) is 0 Å². The second-order valence-electron chi connectivity index (χ2n) is 8.90. The fraction of sp³-hybridized carbons (Fsp3) is 0.310. The lowest BCUT2D eigenvalue weighted by Crippen LogP contribution is -2.14. The minimum absolute atomic E-state index is 0.0713. The van der Waals surface area contributed by atoms with E-state index < -0.39 is 23.3 Å². The zero-order valence-corrected chi connectivity index (χ0v) is 19.4. The summed E-state index contributed by atoms with van der Waals surface area (Å²) in [5.74, 6) is -3.01. The third kappa shape index (κ3) is 4.89. The van der Waals surface area contributed by atoms with Gasteiger partial charge < -0.3 is 4.74 Å². The van der Waals surface area contributed by atoms with Gasteiger partial charge in [-0.05, 0) is 66.3 Å². The molecule has 0 saturated heterocycles. The largest absolute Gasteiger partial charge is 0.494 e. The topological polar surface area (TPSA) is 9.23 Å². The maximum atomic E-state index is 15.0. The third-order valence-corrected chi connectivity index (χ3v) is 6.95. The minimum atomic E-state index is -1.04. The van der Waals surface area contributed by atoms with Gasteiger partial charge in [0.1, 0.15) is 0 Å². The summed E-state index contributed by atoms with van der Waals surface area (Å²) in [6, 6.07) is 13.0. The lowest BCUT2D eigenvalue weighted by Gasteiger charge is -2.28. The molecule has 1 saturated carbocycles. The van der Waals surface area contributed by atoms with Crippen LogP contribution in [0, 0.1) is 29.2 Å². The first-order valence-electron chi connectivity index (χ1n) is 11.7. The summed E-state index contributed by atoms with van der Waals surface area (Å²) < 4.78 is 62.7. The lowest BCUT2D eigenvalue weighted by molar-refractivity contribution is 0.312. The molecule has 0 amide bonds. The molecule has 0 aromatic heterocycles. The summed E-state index contributed by atoms with van der Waals surface area (Å²) in [5, 5.41) is 0. The van der Waals surface area contributed by atoms with Gasteiger partial charge in [0.25, 0.3) is 0 Å². The Morgan fingerprint density at radius 3 is 2.12 bits per heavy atom. The molecule has 1 aliphatic rings. The van der Waals surface area contributed by atoms with E-state index in [1.165, 1.54) is 25.3 Å². The predicted octanol–water partition coefficient (Wildman–Crippen LogP) is 8.77.